The minimum atomic E-state index is 0.448. The second-order valence-electron chi connectivity index (χ2n) is 5.02. The molecule has 0 amide bonds. The van der Waals surface area contributed by atoms with Crippen molar-refractivity contribution in [1.82, 2.24) is 15.0 Å². The maximum absolute atomic E-state index is 5.72. The normalized spacial score (nSPS) is 19.6. The van der Waals surface area contributed by atoms with Crippen molar-refractivity contribution in [2.45, 2.75) is 6.42 Å². The summed E-state index contributed by atoms with van der Waals surface area (Å²) in [6.45, 7) is 3.32. The van der Waals surface area contributed by atoms with Gasteiger partial charge in [-0.15, -0.1) is 0 Å². The molecule has 1 atom stereocenters. The number of anilines is 1. The van der Waals surface area contributed by atoms with E-state index >= 15 is 0 Å². The highest BCUT2D eigenvalue weighted by Crippen LogP contribution is 2.17. The molecule has 0 aliphatic carbocycles. The highest BCUT2D eigenvalue weighted by atomic mass is 16.5. The molecule has 1 aliphatic heterocycles. The molecule has 5 heteroatoms. The summed E-state index contributed by atoms with van der Waals surface area (Å²) >= 11 is 0. The predicted octanol–water partition coefficient (Wildman–Crippen LogP) is 1.57. The van der Waals surface area contributed by atoms with Gasteiger partial charge >= 0.3 is 0 Å². The molecular weight excluding hydrogens is 252 g/mol. The Kier molecular flexibility index (Phi) is 4.18. The molecule has 1 unspecified atom stereocenters. The minimum absolute atomic E-state index is 0.448. The van der Waals surface area contributed by atoms with Gasteiger partial charge in [-0.3, -0.25) is 9.97 Å². The van der Waals surface area contributed by atoms with Gasteiger partial charge in [0.2, 0.25) is 0 Å². The van der Waals surface area contributed by atoms with E-state index in [9.17, 15) is 0 Å². The lowest BCUT2D eigenvalue weighted by Gasteiger charge is -2.24. The summed E-state index contributed by atoms with van der Waals surface area (Å²) in [4.78, 5) is 15.0. The lowest BCUT2D eigenvalue weighted by atomic mass is 10.0. The Bertz CT molecular complexity index is 520. The predicted molar refractivity (Wildman–Crippen MR) is 76.5 cm³/mol. The summed E-state index contributed by atoms with van der Waals surface area (Å²) in [7, 11) is 0. The van der Waals surface area contributed by atoms with E-state index in [2.05, 4.69) is 25.9 Å². The van der Waals surface area contributed by atoms with Crippen LogP contribution in [-0.4, -0.2) is 41.3 Å². The van der Waals surface area contributed by atoms with Crippen LogP contribution in [0.5, 0.6) is 0 Å². The molecule has 2 aromatic rings. The standard InChI is InChI=1S/C15H18N4O/c1-2-13(9-16-3-1)8-14-11-19(6-7-20-12-14)15-10-17-4-5-18-15/h1-5,9-10,14H,6-8,11-12H2. The smallest absolute Gasteiger partial charge is 0.147 e. The summed E-state index contributed by atoms with van der Waals surface area (Å²) < 4.78 is 5.72. The fraction of sp³-hybridized carbons (Fsp3) is 0.400. The molecule has 0 N–H and O–H groups in total. The van der Waals surface area contributed by atoms with E-state index in [0.717, 1.165) is 38.5 Å². The fourth-order valence-electron chi connectivity index (χ4n) is 2.52. The van der Waals surface area contributed by atoms with Gasteiger partial charge in [0, 0.05) is 43.8 Å². The molecule has 104 valence electrons. The number of pyridine rings is 1. The molecule has 0 saturated carbocycles. The van der Waals surface area contributed by atoms with Crippen LogP contribution < -0.4 is 4.90 Å². The molecule has 0 bridgehead atoms. The van der Waals surface area contributed by atoms with E-state index in [1.165, 1.54) is 5.56 Å². The number of aromatic nitrogens is 3. The maximum Gasteiger partial charge on any atom is 0.147 e. The van der Waals surface area contributed by atoms with Gasteiger partial charge in [0.15, 0.2) is 0 Å². The molecule has 3 heterocycles. The summed E-state index contributed by atoms with van der Waals surface area (Å²) in [5.74, 6) is 1.37. The minimum Gasteiger partial charge on any atom is -0.379 e. The van der Waals surface area contributed by atoms with Gasteiger partial charge in [-0.05, 0) is 18.1 Å². The van der Waals surface area contributed by atoms with Crippen molar-refractivity contribution in [1.29, 1.82) is 0 Å². The van der Waals surface area contributed by atoms with Crippen molar-refractivity contribution >= 4 is 5.82 Å². The number of rotatable bonds is 3. The first kappa shape index (κ1) is 13.0. The van der Waals surface area contributed by atoms with Crippen LogP contribution >= 0.6 is 0 Å². The van der Waals surface area contributed by atoms with Crippen molar-refractivity contribution in [3.63, 3.8) is 0 Å². The maximum atomic E-state index is 5.72. The van der Waals surface area contributed by atoms with E-state index < -0.39 is 0 Å². The first-order chi connectivity index (χ1) is 9.92. The summed E-state index contributed by atoms with van der Waals surface area (Å²) in [6, 6.07) is 4.10. The zero-order valence-electron chi connectivity index (χ0n) is 11.4. The molecule has 3 rings (SSSR count). The topological polar surface area (TPSA) is 51.1 Å². The third-order valence-electron chi connectivity index (χ3n) is 3.46. The van der Waals surface area contributed by atoms with Crippen LogP contribution in [0.4, 0.5) is 5.82 Å². The van der Waals surface area contributed by atoms with Crippen molar-refractivity contribution in [2.24, 2.45) is 5.92 Å². The average Bonchev–Trinajstić information content (AvgIpc) is 2.75. The third kappa shape index (κ3) is 3.30. The van der Waals surface area contributed by atoms with E-state index in [4.69, 9.17) is 4.74 Å². The molecule has 2 aromatic heterocycles. The third-order valence-corrected chi connectivity index (χ3v) is 3.46. The molecule has 5 nitrogen and oxygen atoms in total. The van der Waals surface area contributed by atoms with Gasteiger partial charge in [0.25, 0.3) is 0 Å². The molecule has 0 radical (unpaired) electrons. The van der Waals surface area contributed by atoms with Gasteiger partial charge < -0.3 is 9.64 Å². The van der Waals surface area contributed by atoms with Gasteiger partial charge in [0.1, 0.15) is 5.82 Å². The van der Waals surface area contributed by atoms with E-state index in [0.29, 0.717) is 5.92 Å². The van der Waals surface area contributed by atoms with E-state index in [1.54, 1.807) is 18.6 Å². The average molecular weight is 270 g/mol. The SMILES string of the molecule is c1cncc(CC2COCCN(c3cnccn3)C2)c1. The first-order valence-corrected chi connectivity index (χ1v) is 6.89. The summed E-state index contributed by atoms with van der Waals surface area (Å²) in [5, 5.41) is 0. The summed E-state index contributed by atoms with van der Waals surface area (Å²) in [6.07, 6.45) is 9.95. The summed E-state index contributed by atoms with van der Waals surface area (Å²) in [5.41, 5.74) is 1.25. The lowest BCUT2D eigenvalue weighted by Crippen LogP contribution is -2.31. The monoisotopic (exact) mass is 270 g/mol. The lowest BCUT2D eigenvalue weighted by molar-refractivity contribution is 0.123. The fourth-order valence-corrected chi connectivity index (χ4v) is 2.52. The van der Waals surface area contributed by atoms with E-state index in [-0.39, 0.29) is 0 Å². The Morgan fingerprint density at radius 3 is 2.95 bits per heavy atom. The number of nitrogens with zero attached hydrogens (tertiary/aromatic N) is 4. The largest absolute Gasteiger partial charge is 0.379 e. The highest BCUT2D eigenvalue weighted by molar-refractivity contribution is 5.35. The van der Waals surface area contributed by atoms with Crippen LogP contribution in [0.25, 0.3) is 0 Å². The van der Waals surface area contributed by atoms with Crippen molar-refractivity contribution in [2.75, 3.05) is 31.2 Å². The first-order valence-electron chi connectivity index (χ1n) is 6.89. The Morgan fingerprint density at radius 1 is 1.20 bits per heavy atom. The number of ether oxygens (including phenoxy) is 1. The van der Waals surface area contributed by atoms with Crippen LogP contribution in [0.2, 0.25) is 0 Å². The van der Waals surface area contributed by atoms with Gasteiger partial charge in [-0.1, -0.05) is 6.07 Å². The van der Waals surface area contributed by atoms with Gasteiger partial charge in [-0.25, -0.2) is 4.98 Å². The Labute approximate surface area is 118 Å². The molecular formula is C15H18N4O. The Hall–Kier alpha value is -2.01. The van der Waals surface area contributed by atoms with Crippen LogP contribution in [0.3, 0.4) is 0 Å². The van der Waals surface area contributed by atoms with Crippen molar-refractivity contribution < 1.29 is 4.74 Å². The number of hydrogen-bond acceptors (Lipinski definition) is 5. The van der Waals surface area contributed by atoms with Crippen LogP contribution in [0, 0.1) is 5.92 Å². The molecule has 0 aromatic carbocycles. The Balaban J connectivity index is 1.69. The molecule has 0 spiro atoms. The second-order valence-corrected chi connectivity index (χ2v) is 5.02. The Morgan fingerprint density at radius 2 is 2.15 bits per heavy atom. The van der Waals surface area contributed by atoms with Crippen molar-refractivity contribution in [3.8, 4) is 0 Å². The highest BCUT2D eigenvalue weighted by Gasteiger charge is 2.20. The van der Waals surface area contributed by atoms with Crippen LogP contribution in [0.15, 0.2) is 43.1 Å². The number of hydrogen-bond donors (Lipinski definition) is 0. The quantitative estimate of drug-likeness (QED) is 0.847. The molecule has 1 aliphatic rings. The van der Waals surface area contributed by atoms with E-state index in [1.807, 2.05) is 18.5 Å². The molecule has 1 saturated heterocycles. The van der Waals surface area contributed by atoms with Gasteiger partial charge in [0.05, 0.1) is 19.4 Å². The van der Waals surface area contributed by atoms with Gasteiger partial charge in [-0.2, -0.15) is 0 Å². The zero-order chi connectivity index (χ0) is 13.6. The van der Waals surface area contributed by atoms with Crippen LogP contribution in [0.1, 0.15) is 5.56 Å². The molecule has 20 heavy (non-hydrogen) atoms. The van der Waals surface area contributed by atoms with Crippen molar-refractivity contribution in [3.05, 3.63) is 48.7 Å². The molecule has 1 fully saturated rings. The van der Waals surface area contributed by atoms with Crippen LogP contribution in [-0.2, 0) is 11.2 Å². The zero-order valence-corrected chi connectivity index (χ0v) is 11.4. The second kappa shape index (κ2) is 6.43.